The Morgan fingerprint density at radius 3 is 1.16 bits per heavy atom. The fourth-order valence-electron chi connectivity index (χ4n) is 2.70. The van der Waals surface area contributed by atoms with E-state index >= 15 is 0 Å². The quantitative estimate of drug-likeness (QED) is 0.307. The molecule has 4 N–H and O–H groups in total. The molecule has 0 aliphatic heterocycles. The molecule has 0 aliphatic carbocycles. The first-order valence-corrected chi connectivity index (χ1v) is 10.5. The Kier molecular flexibility index (Phi) is 13.2. The topological polar surface area (TPSA) is 133 Å². The number of carboxylic acid groups (broad SMARTS) is 2. The highest BCUT2D eigenvalue weighted by molar-refractivity contribution is 5.98. The maximum absolute atomic E-state index is 11.7. The van der Waals surface area contributed by atoms with Gasteiger partial charge in [0.15, 0.2) is 0 Å². The lowest BCUT2D eigenvalue weighted by Crippen LogP contribution is -2.41. The van der Waals surface area contributed by atoms with Gasteiger partial charge < -0.3 is 10.2 Å². The molecule has 0 spiro atoms. The molecular formula is C24H30N2O6. The number of hydrazine groups is 1. The predicted octanol–water partition coefficient (Wildman–Crippen LogP) is 4.04. The van der Waals surface area contributed by atoms with Crippen molar-refractivity contribution in [2.24, 2.45) is 0 Å². The standard InChI is InChI=1S/C14H12N2O2.C10H18O4/c17-13(11-7-3-1-4-8-11)15-16-14(18)12-9-5-2-6-10-12;11-9(12)7-5-3-1-2-4-6-8-10(13)14/h1-10H,(H,15,17)(H,16,18);1-8H2,(H,11,12)(H,13,14). The molecule has 0 atom stereocenters. The number of carboxylic acids is 2. The van der Waals surface area contributed by atoms with Crippen LogP contribution in [0.1, 0.15) is 72.1 Å². The van der Waals surface area contributed by atoms with Crippen LogP contribution in [0.5, 0.6) is 0 Å². The number of aliphatic carboxylic acids is 2. The summed E-state index contributed by atoms with van der Waals surface area (Å²) >= 11 is 0. The van der Waals surface area contributed by atoms with Gasteiger partial charge in [-0.05, 0) is 37.1 Å². The summed E-state index contributed by atoms with van der Waals surface area (Å²) in [5, 5.41) is 16.7. The molecule has 0 aliphatic rings. The second-order valence-electron chi connectivity index (χ2n) is 7.05. The summed E-state index contributed by atoms with van der Waals surface area (Å²) in [5.74, 6) is -2.17. The van der Waals surface area contributed by atoms with Crippen LogP contribution in [-0.4, -0.2) is 34.0 Å². The molecule has 0 aromatic heterocycles. The van der Waals surface area contributed by atoms with Gasteiger partial charge in [0.05, 0.1) is 0 Å². The third-order valence-electron chi connectivity index (χ3n) is 4.39. The van der Waals surface area contributed by atoms with Crippen molar-refractivity contribution in [3.63, 3.8) is 0 Å². The van der Waals surface area contributed by atoms with Crippen molar-refractivity contribution in [2.45, 2.75) is 51.4 Å². The van der Waals surface area contributed by atoms with Gasteiger partial charge >= 0.3 is 11.9 Å². The Balaban J connectivity index is 0.000000333. The number of hydrogen-bond acceptors (Lipinski definition) is 4. The van der Waals surface area contributed by atoms with Crippen LogP contribution in [0.2, 0.25) is 0 Å². The smallest absolute Gasteiger partial charge is 0.303 e. The van der Waals surface area contributed by atoms with E-state index in [1.807, 2.05) is 12.1 Å². The van der Waals surface area contributed by atoms with E-state index in [0.717, 1.165) is 38.5 Å². The lowest BCUT2D eigenvalue weighted by Gasteiger charge is -2.07. The largest absolute Gasteiger partial charge is 0.481 e. The van der Waals surface area contributed by atoms with Gasteiger partial charge in [0.1, 0.15) is 0 Å². The van der Waals surface area contributed by atoms with Crippen LogP contribution in [0.15, 0.2) is 60.7 Å². The number of hydrogen-bond donors (Lipinski definition) is 4. The van der Waals surface area contributed by atoms with E-state index < -0.39 is 11.9 Å². The Morgan fingerprint density at radius 1 is 0.531 bits per heavy atom. The molecule has 0 radical (unpaired) electrons. The molecule has 2 aromatic rings. The first kappa shape index (κ1) is 26.4. The molecule has 0 saturated carbocycles. The molecule has 0 saturated heterocycles. The molecule has 2 amide bonds. The Labute approximate surface area is 187 Å². The van der Waals surface area contributed by atoms with E-state index in [2.05, 4.69) is 10.9 Å². The molecule has 32 heavy (non-hydrogen) atoms. The Bertz CT molecular complexity index is 769. The van der Waals surface area contributed by atoms with Gasteiger partial charge in [-0.3, -0.25) is 30.0 Å². The van der Waals surface area contributed by atoms with Crippen molar-refractivity contribution < 1.29 is 29.4 Å². The maximum atomic E-state index is 11.7. The van der Waals surface area contributed by atoms with Gasteiger partial charge in [0, 0.05) is 24.0 Å². The van der Waals surface area contributed by atoms with Crippen molar-refractivity contribution in [2.75, 3.05) is 0 Å². The van der Waals surface area contributed by atoms with Gasteiger partial charge in [0.25, 0.3) is 11.8 Å². The number of unbranched alkanes of at least 4 members (excludes halogenated alkanes) is 5. The molecule has 0 heterocycles. The van der Waals surface area contributed by atoms with Crippen molar-refractivity contribution in [3.05, 3.63) is 71.8 Å². The van der Waals surface area contributed by atoms with Gasteiger partial charge in [0.2, 0.25) is 0 Å². The molecular weight excluding hydrogens is 412 g/mol. The monoisotopic (exact) mass is 442 g/mol. The highest BCUT2D eigenvalue weighted by Crippen LogP contribution is 2.08. The minimum absolute atomic E-state index is 0.245. The minimum Gasteiger partial charge on any atom is -0.481 e. The number of nitrogens with one attached hydrogen (secondary N) is 2. The van der Waals surface area contributed by atoms with Gasteiger partial charge in [-0.25, -0.2) is 0 Å². The Hall–Kier alpha value is -3.68. The third-order valence-corrected chi connectivity index (χ3v) is 4.39. The van der Waals surface area contributed by atoms with Crippen LogP contribution < -0.4 is 10.9 Å². The number of benzene rings is 2. The zero-order chi connectivity index (χ0) is 23.6. The van der Waals surface area contributed by atoms with Crippen LogP contribution in [0.4, 0.5) is 0 Å². The molecule has 0 bridgehead atoms. The zero-order valence-corrected chi connectivity index (χ0v) is 18.0. The van der Waals surface area contributed by atoms with Crippen molar-refractivity contribution >= 4 is 23.8 Å². The third kappa shape index (κ3) is 12.8. The summed E-state index contributed by atoms with van der Waals surface area (Å²) in [7, 11) is 0. The number of rotatable bonds is 11. The van der Waals surface area contributed by atoms with Gasteiger partial charge in [-0.15, -0.1) is 0 Å². The predicted molar refractivity (Wildman–Crippen MR) is 120 cm³/mol. The van der Waals surface area contributed by atoms with E-state index in [4.69, 9.17) is 10.2 Å². The van der Waals surface area contributed by atoms with Crippen molar-refractivity contribution in [3.8, 4) is 0 Å². The summed E-state index contributed by atoms with van der Waals surface area (Å²) in [5.41, 5.74) is 5.70. The second-order valence-corrected chi connectivity index (χ2v) is 7.05. The summed E-state index contributed by atoms with van der Waals surface area (Å²) in [6.45, 7) is 0. The van der Waals surface area contributed by atoms with Crippen LogP contribution in [-0.2, 0) is 9.59 Å². The van der Waals surface area contributed by atoms with E-state index in [1.54, 1.807) is 48.5 Å². The summed E-state index contributed by atoms with van der Waals surface area (Å²) in [6.07, 6.45) is 5.82. The van der Waals surface area contributed by atoms with Crippen molar-refractivity contribution in [1.29, 1.82) is 0 Å². The van der Waals surface area contributed by atoms with Crippen LogP contribution in [0.3, 0.4) is 0 Å². The highest BCUT2D eigenvalue weighted by Gasteiger charge is 2.07. The maximum Gasteiger partial charge on any atom is 0.303 e. The molecule has 8 heteroatoms. The molecule has 0 unspecified atom stereocenters. The van der Waals surface area contributed by atoms with Crippen molar-refractivity contribution in [1.82, 2.24) is 10.9 Å². The molecule has 2 rings (SSSR count). The SMILES string of the molecule is O=C(NNC(=O)c1ccccc1)c1ccccc1.O=C(O)CCCCCCCCC(=O)O. The average molecular weight is 443 g/mol. The van der Waals surface area contributed by atoms with Crippen LogP contribution in [0.25, 0.3) is 0 Å². The highest BCUT2D eigenvalue weighted by atomic mass is 16.4. The molecule has 0 fully saturated rings. The van der Waals surface area contributed by atoms with Gasteiger partial charge in [-0.2, -0.15) is 0 Å². The lowest BCUT2D eigenvalue weighted by atomic mass is 10.1. The minimum atomic E-state index is -0.740. The normalized spacial score (nSPS) is 9.75. The van der Waals surface area contributed by atoms with E-state index in [9.17, 15) is 19.2 Å². The molecule has 2 aromatic carbocycles. The van der Waals surface area contributed by atoms with Crippen LogP contribution in [0, 0.1) is 0 Å². The van der Waals surface area contributed by atoms with E-state index in [0.29, 0.717) is 11.1 Å². The fourth-order valence-corrected chi connectivity index (χ4v) is 2.70. The first-order valence-electron chi connectivity index (χ1n) is 10.5. The Morgan fingerprint density at radius 2 is 0.844 bits per heavy atom. The summed E-state index contributed by atoms with van der Waals surface area (Å²) in [4.78, 5) is 43.6. The van der Waals surface area contributed by atoms with E-state index in [-0.39, 0.29) is 24.7 Å². The summed E-state index contributed by atoms with van der Waals surface area (Å²) < 4.78 is 0. The average Bonchev–Trinajstić information content (AvgIpc) is 2.80. The van der Waals surface area contributed by atoms with E-state index in [1.165, 1.54) is 0 Å². The van der Waals surface area contributed by atoms with Gasteiger partial charge in [-0.1, -0.05) is 62.1 Å². The lowest BCUT2D eigenvalue weighted by molar-refractivity contribution is -0.138. The molecule has 8 nitrogen and oxygen atoms in total. The molecule has 172 valence electrons. The van der Waals surface area contributed by atoms with Crippen LogP contribution >= 0.6 is 0 Å². The second kappa shape index (κ2) is 16.1. The zero-order valence-electron chi connectivity index (χ0n) is 18.0. The summed E-state index contributed by atoms with van der Waals surface area (Å²) in [6, 6.07) is 17.4. The number of carbonyl (C=O) groups is 4. The first-order chi connectivity index (χ1) is 15.4. The number of carbonyl (C=O) groups excluding carboxylic acids is 2. The fraction of sp³-hybridized carbons (Fsp3) is 0.333. The number of amides is 2.